The van der Waals surface area contributed by atoms with Crippen LogP contribution in [-0.4, -0.2) is 18.1 Å². The van der Waals surface area contributed by atoms with Gasteiger partial charge in [-0.25, -0.2) is 4.98 Å². The number of aromatic nitrogens is 1. The summed E-state index contributed by atoms with van der Waals surface area (Å²) in [6.45, 7) is 10.1. The standard InChI is InChI=1S/C15H22N2O2/c1-5-7-16-8-6-14-17-9-13(19-14)15-10(2)11(3)18-12(15)4/h9,16H,5-8H2,1-4H3. The molecule has 0 bridgehead atoms. The van der Waals surface area contributed by atoms with Crippen molar-refractivity contribution in [2.75, 3.05) is 13.1 Å². The summed E-state index contributed by atoms with van der Waals surface area (Å²) in [6.07, 6.45) is 3.75. The molecule has 0 fully saturated rings. The van der Waals surface area contributed by atoms with Gasteiger partial charge >= 0.3 is 0 Å². The van der Waals surface area contributed by atoms with Crippen molar-refractivity contribution < 1.29 is 8.83 Å². The number of hydrogen-bond acceptors (Lipinski definition) is 4. The van der Waals surface area contributed by atoms with Crippen LogP contribution in [0.1, 0.15) is 36.3 Å². The molecule has 0 aliphatic heterocycles. The molecule has 0 aromatic carbocycles. The van der Waals surface area contributed by atoms with E-state index in [-0.39, 0.29) is 0 Å². The molecule has 0 saturated heterocycles. The molecule has 0 radical (unpaired) electrons. The molecule has 0 aliphatic carbocycles. The SMILES string of the molecule is CCCNCCc1ncc(-c2c(C)oc(C)c2C)o1. The van der Waals surface area contributed by atoms with Crippen LogP contribution in [0.25, 0.3) is 11.3 Å². The van der Waals surface area contributed by atoms with Gasteiger partial charge < -0.3 is 14.2 Å². The van der Waals surface area contributed by atoms with Crippen LogP contribution in [0.3, 0.4) is 0 Å². The van der Waals surface area contributed by atoms with Crippen molar-refractivity contribution in [3.8, 4) is 11.3 Å². The van der Waals surface area contributed by atoms with E-state index in [4.69, 9.17) is 8.83 Å². The summed E-state index contributed by atoms with van der Waals surface area (Å²) in [7, 11) is 0. The molecule has 2 rings (SSSR count). The summed E-state index contributed by atoms with van der Waals surface area (Å²) in [5, 5.41) is 3.34. The first-order valence-corrected chi connectivity index (χ1v) is 6.85. The molecule has 4 nitrogen and oxygen atoms in total. The predicted octanol–water partition coefficient (Wildman–Crippen LogP) is 3.40. The molecule has 1 N–H and O–H groups in total. The first kappa shape index (κ1) is 13.9. The maximum absolute atomic E-state index is 5.81. The van der Waals surface area contributed by atoms with Crippen molar-refractivity contribution in [3.05, 3.63) is 29.2 Å². The van der Waals surface area contributed by atoms with Gasteiger partial charge in [0.25, 0.3) is 0 Å². The van der Waals surface area contributed by atoms with E-state index in [0.717, 1.165) is 60.2 Å². The van der Waals surface area contributed by atoms with E-state index in [1.54, 1.807) is 6.20 Å². The molecule has 2 heterocycles. The highest BCUT2D eigenvalue weighted by Crippen LogP contribution is 2.31. The second-order valence-electron chi connectivity index (χ2n) is 4.83. The molecule has 0 spiro atoms. The Morgan fingerprint density at radius 1 is 1.11 bits per heavy atom. The van der Waals surface area contributed by atoms with Crippen molar-refractivity contribution in [1.29, 1.82) is 0 Å². The molecule has 2 aromatic rings. The Morgan fingerprint density at radius 3 is 2.53 bits per heavy atom. The first-order chi connectivity index (χ1) is 9.13. The zero-order chi connectivity index (χ0) is 13.8. The average molecular weight is 262 g/mol. The van der Waals surface area contributed by atoms with E-state index in [1.165, 1.54) is 0 Å². The summed E-state index contributed by atoms with van der Waals surface area (Å²) in [6, 6.07) is 0. The fourth-order valence-electron chi connectivity index (χ4n) is 2.19. The normalized spacial score (nSPS) is 11.2. The van der Waals surface area contributed by atoms with E-state index in [1.807, 2.05) is 20.8 Å². The quantitative estimate of drug-likeness (QED) is 0.811. The number of aryl methyl sites for hydroxylation is 2. The van der Waals surface area contributed by atoms with Gasteiger partial charge in [0, 0.05) is 18.5 Å². The minimum atomic E-state index is 0.774. The lowest BCUT2D eigenvalue weighted by atomic mass is 10.1. The molecular formula is C15H22N2O2. The van der Waals surface area contributed by atoms with Gasteiger partial charge in [-0.3, -0.25) is 0 Å². The highest BCUT2D eigenvalue weighted by atomic mass is 16.4. The summed E-state index contributed by atoms with van der Waals surface area (Å²) in [5.41, 5.74) is 2.17. The third-order valence-corrected chi connectivity index (χ3v) is 3.30. The molecule has 0 atom stereocenters. The van der Waals surface area contributed by atoms with Gasteiger partial charge in [0.1, 0.15) is 11.5 Å². The lowest BCUT2D eigenvalue weighted by Crippen LogP contribution is -2.17. The van der Waals surface area contributed by atoms with E-state index in [9.17, 15) is 0 Å². The van der Waals surface area contributed by atoms with E-state index in [2.05, 4.69) is 17.2 Å². The number of furan rings is 1. The van der Waals surface area contributed by atoms with Crippen molar-refractivity contribution in [1.82, 2.24) is 10.3 Å². The highest BCUT2D eigenvalue weighted by Gasteiger charge is 2.17. The maximum Gasteiger partial charge on any atom is 0.196 e. The Kier molecular flexibility index (Phi) is 4.43. The summed E-state index contributed by atoms with van der Waals surface area (Å²) < 4.78 is 11.4. The van der Waals surface area contributed by atoms with Gasteiger partial charge in [0.2, 0.25) is 0 Å². The fourth-order valence-corrected chi connectivity index (χ4v) is 2.19. The summed E-state index contributed by atoms with van der Waals surface area (Å²) >= 11 is 0. The summed E-state index contributed by atoms with van der Waals surface area (Å²) in [4.78, 5) is 4.33. The van der Waals surface area contributed by atoms with Gasteiger partial charge in [0.15, 0.2) is 11.7 Å². The number of hydrogen-bond donors (Lipinski definition) is 1. The molecule has 0 amide bonds. The fraction of sp³-hybridized carbons (Fsp3) is 0.533. The van der Waals surface area contributed by atoms with Crippen LogP contribution >= 0.6 is 0 Å². The minimum Gasteiger partial charge on any atom is -0.466 e. The Labute approximate surface area is 114 Å². The molecule has 0 aliphatic rings. The molecule has 104 valence electrons. The number of nitrogens with one attached hydrogen (secondary N) is 1. The van der Waals surface area contributed by atoms with Crippen molar-refractivity contribution in [2.45, 2.75) is 40.5 Å². The first-order valence-electron chi connectivity index (χ1n) is 6.85. The third kappa shape index (κ3) is 3.07. The van der Waals surface area contributed by atoms with Crippen LogP contribution in [0.5, 0.6) is 0 Å². The average Bonchev–Trinajstić information content (AvgIpc) is 2.91. The van der Waals surface area contributed by atoms with Crippen LogP contribution < -0.4 is 5.32 Å². The van der Waals surface area contributed by atoms with Gasteiger partial charge in [-0.1, -0.05) is 6.92 Å². The van der Waals surface area contributed by atoms with Gasteiger partial charge in [-0.2, -0.15) is 0 Å². The Morgan fingerprint density at radius 2 is 1.89 bits per heavy atom. The van der Waals surface area contributed by atoms with Crippen LogP contribution in [-0.2, 0) is 6.42 Å². The van der Waals surface area contributed by atoms with Gasteiger partial charge in [0.05, 0.1) is 11.8 Å². The van der Waals surface area contributed by atoms with E-state index < -0.39 is 0 Å². The largest absolute Gasteiger partial charge is 0.466 e. The monoisotopic (exact) mass is 262 g/mol. The second kappa shape index (κ2) is 6.06. The van der Waals surface area contributed by atoms with Gasteiger partial charge in [-0.15, -0.1) is 0 Å². The highest BCUT2D eigenvalue weighted by molar-refractivity contribution is 5.64. The zero-order valence-electron chi connectivity index (χ0n) is 12.2. The van der Waals surface area contributed by atoms with E-state index >= 15 is 0 Å². The number of rotatable bonds is 6. The molecule has 19 heavy (non-hydrogen) atoms. The van der Waals surface area contributed by atoms with E-state index in [0.29, 0.717) is 0 Å². The van der Waals surface area contributed by atoms with Crippen LogP contribution in [0.4, 0.5) is 0 Å². The summed E-state index contributed by atoms with van der Waals surface area (Å²) in [5.74, 6) is 3.41. The van der Waals surface area contributed by atoms with Crippen LogP contribution in [0.2, 0.25) is 0 Å². The minimum absolute atomic E-state index is 0.774. The molecule has 4 heteroatoms. The molecule has 0 saturated carbocycles. The Hall–Kier alpha value is -1.55. The van der Waals surface area contributed by atoms with Gasteiger partial charge in [-0.05, 0) is 33.7 Å². The predicted molar refractivity (Wildman–Crippen MR) is 75.3 cm³/mol. The smallest absolute Gasteiger partial charge is 0.196 e. The third-order valence-electron chi connectivity index (χ3n) is 3.30. The Balaban J connectivity index is 2.08. The lowest BCUT2D eigenvalue weighted by Gasteiger charge is -1.99. The van der Waals surface area contributed by atoms with Crippen molar-refractivity contribution in [2.24, 2.45) is 0 Å². The van der Waals surface area contributed by atoms with Crippen LogP contribution in [0, 0.1) is 20.8 Å². The number of nitrogens with zero attached hydrogens (tertiary/aromatic N) is 1. The molecular weight excluding hydrogens is 240 g/mol. The number of oxazole rings is 1. The topological polar surface area (TPSA) is 51.2 Å². The molecule has 0 unspecified atom stereocenters. The Bertz CT molecular complexity index is 540. The van der Waals surface area contributed by atoms with Crippen molar-refractivity contribution in [3.63, 3.8) is 0 Å². The zero-order valence-corrected chi connectivity index (χ0v) is 12.2. The lowest BCUT2D eigenvalue weighted by molar-refractivity contribution is 0.488. The maximum atomic E-state index is 5.81. The molecule has 2 aromatic heterocycles. The van der Waals surface area contributed by atoms with Crippen LogP contribution in [0.15, 0.2) is 15.0 Å². The van der Waals surface area contributed by atoms with Crippen molar-refractivity contribution >= 4 is 0 Å². The second-order valence-corrected chi connectivity index (χ2v) is 4.83.